The van der Waals surface area contributed by atoms with Gasteiger partial charge in [0.15, 0.2) is 0 Å². The first-order valence-corrected chi connectivity index (χ1v) is 13.5. The first-order valence-electron chi connectivity index (χ1n) is 11.9. The van der Waals surface area contributed by atoms with Gasteiger partial charge in [0.25, 0.3) is 0 Å². The average molecular weight is 447 g/mol. The molecule has 0 spiro atoms. The molecule has 5 nitrogen and oxygen atoms in total. The van der Waals surface area contributed by atoms with Crippen LogP contribution in [0.15, 0.2) is 24.3 Å². The molecule has 3 N–H and O–H groups in total. The Hall–Kier alpha value is -0.450. The molecule has 0 amide bonds. The lowest BCUT2D eigenvalue weighted by Gasteiger charge is -2.35. The third-order valence-electron chi connectivity index (χ3n) is 5.28. The lowest BCUT2D eigenvalue weighted by molar-refractivity contribution is -0.875. The van der Waals surface area contributed by atoms with E-state index in [-0.39, 0.29) is 13.0 Å². The van der Waals surface area contributed by atoms with Gasteiger partial charge in [0, 0.05) is 0 Å². The van der Waals surface area contributed by atoms with Crippen molar-refractivity contribution < 1.29 is 23.9 Å². The Labute approximate surface area is 186 Å². The number of rotatable bonds is 19. The van der Waals surface area contributed by atoms with Crippen LogP contribution in [-0.2, 0) is 4.57 Å². The summed E-state index contributed by atoms with van der Waals surface area (Å²) in [6, 6.07) is 0. The molecule has 0 saturated carbocycles. The molecular weight excluding hydrogens is 397 g/mol. The second-order valence-corrected chi connectivity index (χ2v) is 11.6. The van der Waals surface area contributed by atoms with Gasteiger partial charge >= 0.3 is 7.60 Å². The number of hydrogen-bond donors (Lipinski definition) is 3. The van der Waals surface area contributed by atoms with Gasteiger partial charge in [0.1, 0.15) is 6.54 Å². The molecule has 1 unspecified atom stereocenters. The number of hydrogen-bond acceptors (Lipinski definition) is 2. The van der Waals surface area contributed by atoms with Crippen molar-refractivity contribution in [1.29, 1.82) is 0 Å². The Morgan fingerprint density at radius 1 is 0.733 bits per heavy atom. The largest absolute Gasteiger partial charge is 0.373 e. The second kappa shape index (κ2) is 16.2. The number of unbranched alkanes of at least 4 members (excludes halogenated alkanes) is 10. The van der Waals surface area contributed by atoms with Crippen LogP contribution in [0.3, 0.4) is 0 Å². The Morgan fingerprint density at radius 3 is 1.63 bits per heavy atom. The van der Waals surface area contributed by atoms with E-state index in [1.807, 2.05) is 21.1 Å². The maximum Gasteiger partial charge on any atom is 0.362 e. The Morgan fingerprint density at radius 2 is 1.17 bits per heavy atom. The topological polar surface area (TPSA) is 77.8 Å². The smallest absolute Gasteiger partial charge is 0.362 e. The quantitative estimate of drug-likeness (QED) is 0.0962. The van der Waals surface area contributed by atoms with Crippen molar-refractivity contribution in [2.75, 3.05) is 27.7 Å². The molecule has 30 heavy (non-hydrogen) atoms. The van der Waals surface area contributed by atoms with Crippen molar-refractivity contribution in [3.8, 4) is 0 Å². The molecule has 0 fully saturated rings. The molecule has 0 aromatic carbocycles. The maximum absolute atomic E-state index is 11.8. The van der Waals surface area contributed by atoms with Crippen LogP contribution in [0.25, 0.3) is 0 Å². The zero-order valence-electron chi connectivity index (χ0n) is 20.1. The van der Waals surface area contributed by atoms with Crippen LogP contribution < -0.4 is 0 Å². The van der Waals surface area contributed by atoms with Crippen molar-refractivity contribution >= 4 is 7.60 Å². The molecule has 0 radical (unpaired) electrons. The van der Waals surface area contributed by atoms with Gasteiger partial charge in [0.2, 0.25) is 5.34 Å². The van der Waals surface area contributed by atoms with Crippen molar-refractivity contribution in [2.45, 2.75) is 102 Å². The van der Waals surface area contributed by atoms with Gasteiger partial charge < -0.3 is 19.4 Å². The summed E-state index contributed by atoms with van der Waals surface area (Å²) in [6.07, 6.45) is 24.0. The van der Waals surface area contributed by atoms with E-state index in [4.69, 9.17) is 0 Å². The third-order valence-corrected chi connectivity index (χ3v) is 6.72. The molecule has 0 aromatic rings. The molecule has 0 bridgehead atoms. The highest BCUT2D eigenvalue weighted by molar-refractivity contribution is 7.53. The number of aliphatic hydroxyl groups is 1. The van der Waals surface area contributed by atoms with Crippen LogP contribution >= 0.6 is 7.60 Å². The van der Waals surface area contributed by atoms with E-state index in [1.165, 1.54) is 38.5 Å². The minimum absolute atomic E-state index is 0.0555. The Bertz CT molecular complexity index is 522. The van der Waals surface area contributed by atoms with E-state index in [0.717, 1.165) is 38.5 Å². The standard InChI is InChI=1S/C24H48NO4P/c1-5-6-7-8-9-10-11-12-13-14-15-16-17-18-19-20-21-22-24(26,30(27,28)29)23-25(2,3)4/h8-9,12-13,26H,5-7,10-11,14-23H2,1-4H3,(H-,27,28,29)/p+1/b9-8-,13-12-. The van der Waals surface area contributed by atoms with Gasteiger partial charge in [-0.3, -0.25) is 4.57 Å². The van der Waals surface area contributed by atoms with Crippen LogP contribution in [0.5, 0.6) is 0 Å². The first kappa shape index (κ1) is 29.5. The van der Waals surface area contributed by atoms with Gasteiger partial charge in [0.05, 0.1) is 21.1 Å². The predicted molar refractivity (Wildman–Crippen MR) is 128 cm³/mol. The monoisotopic (exact) mass is 446 g/mol. The van der Waals surface area contributed by atoms with E-state index in [2.05, 4.69) is 31.2 Å². The highest BCUT2D eigenvalue weighted by Crippen LogP contribution is 2.52. The van der Waals surface area contributed by atoms with Gasteiger partial charge in [-0.05, 0) is 44.9 Å². The van der Waals surface area contributed by atoms with Crippen LogP contribution in [0.2, 0.25) is 0 Å². The predicted octanol–water partition coefficient (Wildman–Crippen LogP) is 6.15. The SMILES string of the molecule is CCCC/C=C\CC/C=C\CCCCCCCCCC(O)(C[N+](C)(C)C)P(=O)(O)O. The number of nitrogens with zero attached hydrogens (tertiary/aromatic N) is 1. The van der Waals surface area contributed by atoms with E-state index in [9.17, 15) is 19.5 Å². The minimum atomic E-state index is -4.55. The summed E-state index contributed by atoms with van der Waals surface area (Å²) in [5, 5.41) is 8.61. The van der Waals surface area contributed by atoms with Gasteiger partial charge in [-0.2, -0.15) is 0 Å². The lowest BCUT2D eigenvalue weighted by atomic mass is 10.0. The van der Waals surface area contributed by atoms with Crippen LogP contribution in [-0.4, -0.2) is 52.4 Å². The summed E-state index contributed by atoms with van der Waals surface area (Å²) in [5.41, 5.74) is 0. The summed E-state index contributed by atoms with van der Waals surface area (Å²) in [6.45, 7) is 2.28. The summed E-state index contributed by atoms with van der Waals surface area (Å²) in [7, 11) is 0.959. The van der Waals surface area contributed by atoms with Crippen molar-refractivity contribution in [1.82, 2.24) is 0 Å². The Kier molecular flexibility index (Phi) is 16.0. The fourth-order valence-corrected chi connectivity index (χ4v) is 4.67. The summed E-state index contributed by atoms with van der Waals surface area (Å²) < 4.78 is 12.1. The molecule has 0 heterocycles. The van der Waals surface area contributed by atoms with Crippen molar-refractivity contribution in [3.63, 3.8) is 0 Å². The zero-order valence-corrected chi connectivity index (χ0v) is 21.0. The molecule has 0 rings (SSSR count). The maximum atomic E-state index is 11.8. The molecule has 0 aliphatic rings. The number of quaternary nitrogens is 1. The molecular formula is C24H49NO4P+. The fourth-order valence-electron chi connectivity index (χ4n) is 3.62. The second-order valence-electron chi connectivity index (χ2n) is 9.65. The highest BCUT2D eigenvalue weighted by atomic mass is 31.2. The fraction of sp³-hybridized carbons (Fsp3) is 0.833. The van der Waals surface area contributed by atoms with E-state index in [1.54, 1.807) is 0 Å². The normalized spacial score (nSPS) is 15.3. The molecule has 6 heteroatoms. The average Bonchev–Trinajstić information content (AvgIpc) is 2.62. The van der Waals surface area contributed by atoms with Crippen molar-refractivity contribution in [3.05, 3.63) is 24.3 Å². The molecule has 1 atom stereocenters. The summed E-state index contributed by atoms with van der Waals surface area (Å²) in [4.78, 5) is 19.2. The van der Waals surface area contributed by atoms with Crippen molar-refractivity contribution in [2.24, 2.45) is 0 Å². The van der Waals surface area contributed by atoms with E-state index < -0.39 is 12.9 Å². The van der Waals surface area contributed by atoms with Crippen LogP contribution in [0.1, 0.15) is 96.8 Å². The van der Waals surface area contributed by atoms with Crippen LogP contribution in [0.4, 0.5) is 0 Å². The van der Waals surface area contributed by atoms with Crippen LogP contribution in [0, 0.1) is 0 Å². The van der Waals surface area contributed by atoms with E-state index in [0.29, 0.717) is 10.9 Å². The highest BCUT2D eigenvalue weighted by Gasteiger charge is 2.48. The van der Waals surface area contributed by atoms with Gasteiger partial charge in [-0.25, -0.2) is 0 Å². The third kappa shape index (κ3) is 16.3. The molecule has 178 valence electrons. The summed E-state index contributed by atoms with van der Waals surface area (Å²) in [5.74, 6) is 0. The Balaban J connectivity index is 3.72. The summed E-state index contributed by atoms with van der Waals surface area (Å²) >= 11 is 0. The zero-order chi connectivity index (χ0) is 22.9. The lowest BCUT2D eigenvalue weighted by Crippen LogP contribution is -2.49. The van der Waals surface area contributed by atoms with Gasteiger partial charge in [-0.15, -0.1) is 0 Å². The minimum Gasteiger partial charge on any atom is -0.373 e. The molecule has 0 saturated heterocycles. The molecule has 0 aromatic heterocycles. The number of allylic oxidation sites excluding steroid dienone is 4. The number of likely N-dealkylation sites (N-methyl/N-ethyl adjacent to an activating group) is 1. The van der Waals surface area contributed by atoms with E-state index >= 15 is 0 Å². The van der Waals surface area contributed by atoms with Gasteiger partial charge in [-0.1, -0.05) is 76.2 Å². The molecule has 0 aliphatic heterocycles. The first-order chi connectivity index (χ1) is 14.0. The molecule has 0 aliphatic carbocycles.